The highest BCUT2D eigenvalue weighted by atomic mass is 16.2. The van der Waals surface area contributed by atoms with E-state index in [0.29, 0.717) is 43.6 Å². The van der Waals surface area contributed by atoms with E-state index in [1.807, 2.05) is 71.8 Å². The molecular formula is C31H36N4O3. The van der Waals surface area contributed by atoms with Gasteiger partial charge in [-0.25, -0.2) is 0 Å². The Kier molecular flexibility index (Phi) is 8.25. The van der Waals surface area contributed by atoms with Crippen molar-refractivity contribution in [3.63, 3.8) is 0 Å². The Morgan fingerprint density at radius 2 is 1.76 bits per heavy atom. The van der Waals surface area contributed by atoms with E-state index in [2.05, 4.69) is 17.2 Å². The number of pyridine rings is 1. The number of hydrogen-bond donors (Lipinski definition) is 1. The first-order valence-electron chi connectivity index (χ1n) is 13.2. The first-order valence-corrected chi connectivity index (χ1v) is 13.2. The van der Waals surface area contributed by atoms with E-state index < -0.39 is 5.41 Å². The molecule has 0 fully saturated rings. The lowest BCUT2D eigenvalue weighted by atomic mass is 9.91. The van der Waals surface area contributed by atoms with Crippen LogP contribution in [0.4, 0.5) is 11.4 Å². The molecule has 0 spiro atoms. The third-order valence-electron chi connectivity index (χ3n) is 7.34. The summed E-state index contributed by atoms with van der Waals surface area (Å²) in [5, 5.41) is 2.91. The first kappa shape index (κ1) is 27.0. The molecule has 2 heterocycles. The molecule has 1 atom stereocenters. The minimum Gasteiger partial charge on any atom is -0.335 e. The van der Waals surface area contributed by atoms with Crippen molar-refractivity contribution in [2.45, 2.75) is 52.5 Å². The molecule has 0 saturated carbocycles. The van der Waals surface area contributed by atoms with Crippen LogP contribution in [-0.4, -0.2) is 41.2 Å². The van der Waals surface area contributed by atoms with E-state index in [9.17, 15) is 14.4 Å². The molecule has 7 nitrogen and oxygen atoms in total. The van der Waals surface area contributed by atoms with Crippen molar-refractivity contribution in [3.05, 3.63) is 89.7 Å². The fourth-order valence-electron chi connectivity index (χ4n) is 4.97. The number of anilines is 2. The third kappa shape index (κ3) is 5.77. The number of aryl methyl sites for hydroxylation is 1. The van der Waals surface area contributed by atoms with Crippen molar-refractivity contribution in [1.82, 2.24) is 9.88 Å². The highest BCUT2D eigenvalue weighted by Gasteiger charge is 2.42. The van der Waals surface area contributed by atoms with E-state index in [0.717, 1.165) is 16.7 Å². The van der Waals surface area contributed by atoms with Gasteiger partial charge in [0.2, 0.25) is 17.7 Å². The maximum atomic E-state index is 13.7. The maximum absolute atomic E-state index is 13.7. The molecule has 7 heteroatoms. The average molecular weight is 513 g/mol. The van der Waals surface area contributed by atoms with Crippen LogP contribution in [0.5, 0.6) is 0 Å². The summed E-state index contributed by atoms with van der Waals surface area (Å²) in [5.41, 5.74) is 3.17. The minimum absolute atomic E-state index is 0.0819. The minimum atomic E-state index is -1.18. The number of carbonyl (C=O) groups is 3. The molecule has 3 aromatic rings. The second-order valence-corrected chi connectivity index (χ2v) is 10.3. The second-order valence-electron chi connectivity index (χ2n) is 10.3. The van der Waals surface area contributed by atoms with Crippen LogP contribution in [0.25, 0.3) is 0 Å². The fraction of sp³-hybridized carbons (Fsp3) is 0.355. The molecule has 0 bridgehead atoms. The maximum Gasteiger partial charge on any atom is 0.241 e. The standard InChI is InChI=1S/C31H36N4O3/c1-5-26(24-14-15-25-27(20-24)34(4)30(38)31(2,3)29(37)33-25)35(19-17-23-12-9-18-32-21-23)28(36)16-13-22-10-7-6-8-11-22/h6-12,14-15,18,20-21,26H,5,13,16-17,19H2,1-4H3,(H,33,37). The Morgan fingerprint density at radius 3 is 2.45 bits per heavy atom. The largest absolute Gasteiger partial charge is 0.335 e. The molecular weight excluding hydrogens is 476 g/mol. The summed E-state index contributed by atoms with van der Waals surface area (Å²) in [6, 6.07) is 19.5. The van der Waals surface area contributed by atoms with Gasteiger partial charge in [-0.2, -0.15) is 0 Å². The zero-order valence-corrected chi connectivity index (χ0v) is 22.6. The van der Waals surface area contributed by atoms with E-state index >= 15 is 0 Å². The highest BCUT2D eigenvalue weighted by molar-refractivity contribution is 6.19. The monoisotopic (exact) mass is 512 g/mol. The van der Waals surface area contributed by atoms with Gasteiger partial charge in [0.05, 0.1) is 17.4 Å². The molecule has 4 rings (SSSR count). The Hall–Kier alpha value is -4.00. The predicted molar refractivity (Wildman–Crippen MR) is 150 cm³/mol. The van der Waals surface area contributed by atoms with Gasteiger partial charge in [0, 0.05) is 32.4 Å². The summed E-state index contributed by atoms with van der Waals surface area (Å²) >= 11 is 0. The number of nitrogens with zero attached hydrogens (tertiary/aromatic N) is 3. The summed E-state index contributed by atoms with van der Waals surface area (Å²) in [7, 11) is 1.69. The van der Waals surface area contributed by atoms with Crippen molar-refractivity contribution in [2.24, 2.45) is 5.41 Å². The molecule has 38 heavy (non-hydrogen) atoms. The quantitative estimate of drug-likeness (QED) is 0.401. The number of hydrogen-bond acceptors (Lipinski definition) is 4. The molecule has 1 aliphatic heterocycles. The van der Waals surface area contributed by atoms with Crippen LogP contribution in [0.1, 0.15) is 56.3 Å². The van der Waals surface area contributed by atoms with Crippen molar-refractivity contribution in [2.75, 3.05) is 23.8 Å². The lowest BCUT2D eigenvalue weighted by Crippen LogP contribution is -2.43. The Morgan fingerprint density at radius 1 is 1.03 bits per heavy atom. The van der Waals surface area contributed by atoms with Gasteiger partial charge in [0.25, 0.3) is 0 Å². The summed E-state index contributed by atoms with van der Waals surface area (Å²) < 4.78 is 0. The Balaban J connectivity index is 1.64. The summed E-state index contributed by atoms with van der Waals surface area (Å²) in [6.07, 6.45) is 6.05. The van der Waals surface area contributed by atoms with E-state index in [4.69, 9.17) is 0 Å². The first-order chi connectivity index (χ1) is 18.2. The van der Waals surface area contributed by atoms with Gasteiger partial charge in [-0.1, -0.05) is 49.4 Å². The molecule has 2 aromatic carbocycles. The lowest BCUT2D eigenvalue weighted by Gasteiger charge is -2.33. The molecule has 0 radical (unpaired) electrons. The number of fused-ring (bicyclic) bond motifs is 1. The molecule has 198 valence electrons. The van der Waals surface area contributed by atoms with Crippen molar-refractivity contribution in [1.29, 1.82) is 0 Å². The van der Waals surface area contributed by atoms with Gasteiger partial charge in [-0.3, -0.25) is 19.4 Å². The van der Waals surface area contributed by atoms with E-state index in [1.165, 1.54) is 0 Å². The van der Waals surface area contributed by atoms with Crippen molar-refractivity contribution >= 4 is 29.1 Å². The van der Waals surface area contributed by atoms with Crippen LogP contribution in [0.3, 0.4) is 0 Å². The fourth-order valence-corrected chi connectivity index (χ4v) is 4.97. The van der Waals surface area contributed by atoms with Gasteiger partial charge in [0.15, 0.2) is 0 Å². The normalized spacial score (nSPS) is 15.3. The zero-order chi connectivity index (χ0) is 27.3. The van der Waals surface area contributed by atoms with Crippen LogP contribution in [0.15, 0.2) is 73.1 Å². The van der Waals surface area contributed by atoms with Crippen molar-refractivity contribution < 1.29 is 14.4 Å². The topological polar surface area (TPSA) is 82.6 Å². The molecule has 1 N–H and O–H groups in total. The molecule has 1 unspecified atom stereocenters. The number of amides is 3. The molecule has 1 aliphatic rings. The smallest absolute Gasteiger partial charge is 0.241 e. The third-order valence-corrected chi connectivity index (χ3v) is 7.34. The predicted octanol–water partition coefficient (Wildman–Crippen LogP) is 5.18. The van der Waals surface area contributed by atoms with Crippen LogP contribution in [0.2, 0.25) is 0 Å². The average Bonchev–Trinajstić information content (AvgIpc) is 2.99. The molecule has 3 amide bonds. The lowest BCUT2D eigenvalue weighted by molar-refractivity contribution is -0.136. The second kappa shape index (κ2) is 11.6. The SMILES string of the molecule is CCC(c1ccc2c(c1)N(C)C(=O)C(C)(C)C(=O)N2)N(CCc1cccnc1)C(=O)CCc1ccccc1. The molecule has 1 aromatic heterocycles. The summed E-state index contributed by atoms with van der Waals surface area (Å²) in [6.45, 7) is 5.88. The zero-order valence-electron chi connectivity index (χ0n) is 22.6. The van der Waals surface area contributed by atoms with E-state index in [1.54, 1.807) is 32.0 Å². The Bertz CT molecular complexity index is 1290. The summed E-state index contributed by atoms with van der Waals surface area (Å²) in [4.78, 5) is 47.2. The van der Waals surface area contributed by atoms with Gasteiger partial charge in [-0.05, 0) is 68.0 Å². The van der Waals surface area contributed by atoms with Crippen LogP contribution in [-0.2, 0) is 27.2 Å². The van der Waals surface area contributed by atoms with Gasteiger partial charge in [0.1, 0.15) is 5.41 Å². The number of aromatic nitrogens is 1. The molecule has 0 aliphatic carbocycles. The number of nitrogens with one attached hydrogen (secondary N) is 1. The molecule has 0 saturated heterocycles. The van der Waals surface area contributed by atoms with Gasteiger partial charge in [-0.15, -0.1) is 0 Å². The summed E-state index contributed by atoms with van der Waals surface area (Å²) in [5.74, 6) is -0.521. The van der Waals surface area contributed by atoms with Crippen LogP contribution < -0.4 is 10.2 Å². The van der Waals surface area contributed by atoms with Gasteiger partial charge < -0.3 is 15.1 Å². The number of rotatable bonds is 9. The number of benzene rings is 2. The van der Waals surface area contributed by atoms with E-state index in [-0.39, 0.29) is 23.8 Å². The highest BCUT2D eigenvalue weighted by Crippen LogP contribution is 2.38. The van der Waals surface area contributed by atoms with Crippen LogP contribution in [0, 0.1) is 5.41 Å². The van der Waals surface area contributed by atoms with Gasteiger partial charge >= 0.3 is 0 Å². The van der Waals surface area contributed by atoms with Crippen molar-refractivity contribution in [3.8, 4) is 0 Å². The Labute approximate surface area is 224 Å². The van der Waals surface area contributed by atoms with Crippen LogP contribution >= 0.6 is 0 Å². The number of carbonyl (C=O) groups excluding carboxylic acids is 3.